The number of nitrogens with one attached hydrogen (secondary N) is 1. The normalized spacial score (nSPS) is 18.8. The van der Waals surface area contributed by atoms with Crippen LogP contribution >= 0.6 is 0 Å². The molecule has 1 fully saturated rings. The Morgan fingerprint density at radius 1 is 1.52 bits per heavy atom. The van der Waals surface area contributed by atoms with E-state index in [2.05, 4.69) is 14.9 Å². The van der Waals surface area contributed by atoms with Crippen LogP contribution in [0.4, 0.5) is 4.79 Å². The summed E-state index contributed by atoms with van der Waals surface area (Å²) in [4.78, 5) is 15.1. The van der Waals surface area contributed by atoms with E-state index in [1.54, 1.807) is 0 Å². The molecule has 1 unspecified atom stereocenters. The summed E-state index contributed by atoms with van der Waals surface area (Å²) in [6.07, 6.45) is 4.16. The van der Waals surface area contributed by atoms with Crippen molar-refractivity contribution < 1.29 is 14.6 Å². The molecule has 2 N–H and O–H groups in total. The summed E-state index contributed by atoms with van der Waals surface area (Å²) in [6.45, 7) is 3.06. The summed E-state index contributed by atoms with van der Waals surface area (Å²) in [5, 5.41) is 11.1. The van der Waals surface area contributed by atoms with Crippen molar-refractivity contribution in [3.8, 4) is 0 Å². The predicted molar refractivity (Wildman–Crippen MR) is 78.2 cm³/mol. The van der Waals surface area contributed by atoms with Crippen LogP contribution in [0.2, 0.25) is 0 Å². The van der Waals surface area contributed by atoms with Gasteiger partial charge >= 0.3 is 6.09 Å². The Bertz CT molecular complexity index is 659. The highest BCUT2D eigenvalue weighted by atomic mass is 16.5. The topological polar surface area (TPSA) is 76.4 Å². The molecule has 6 nitrogen and oxygen atoms in total. The number of hydrogen-bond acceptors (Lipinski definition) is 3. The van der Waals surface area contributed by atoms with E-state index >= 15 is 0 Å². The van der Waals surface area contributed by atoms with Gasteiger partial charge in [-0.05, 0) is 43.4 Å². The third-order valence-corrected chi connectivity index (χ3v) is 4.01. The molecule has 1 saturated heterocycles. The van der Waals surface area contributed by atoms with Gasteiger partial charge in [0.15, 0.2) is 0 Å². The second kappa shape index (κ2) is 5.73. The number of nitrogens with zero attached hydrogens (tertiary/aromatic N) is 2. The van der Waals surface area contributed by atoms with Crippen LogP contribution in [0.1, 0.15) is 36.6 Å². The van der Waals surface area contributed by atoms with Gasteiger partial charge in [-0.2, -0.15) is 0 Å². The minimum Gasteiger partial charge on any atom is -0.465 e. The minimum atomic E-state index is -1.02. The number of fused-ring (bicyclic) bond motifs is 1. The van der Waals surface area contributed by atoms with Gasteiger partial charge in [-0.3, -0.25) is 0 Å². The monoisotopic (exact) mass is 289 g/mol. The molecule has 1 aliphatic heterocycles. The highest BCUT2D eigenvalue weighted by Gasteiger charge is 2.19. The molecular formula is C15H19N3O3. The highest BCUT2D eigenvalue weighted by Crippen LogP contribution is 2.28. The fraction of sp³-hybridized carbons (Fsp3) is 0.467. The summed E-state index contributed by atoms with van der Waals surface area (Å²) in [6, 6.07) is 3.95. The van der Waals surface area contributed by atoms with Crippen LogP contribution in [0, 0.1) is 6.92 Å². The van der Waals surface area contributed by atoms with Crippen LogP contribution in [0.25, 0.3) is 11.0 Å². The molecule has 112 valence electrons. The number of benzene rings is 1. The Kier molecular flexibility index (Phi) is 3.79. The first-order chi connectivity index (χ1) is 10.2. The first kappa shape index (κ1) is 13.9. The van der Waals surface area contributed by atoms with Gasteiger partial charge < -0.3 is 19.7 Å². The molecule has 6 heteroatoms. The molecule has 0 saturated carbocycles. The van der Waals surface area contributed by atoms with Gasteiger partial charge in [-0.15, -0.1) is 0 Å². The van der Waals surface area contributed by atoms with Crippen molar-refractivity contribution in [1.29, 1.82) is 0 Å². The Hall–Kier alpha value is -2.08. The first-order valence-corrected chi connectivity index (χ1v) is 7.20. The van der Waals surface area contributed by atoms with Gasteiger partial charge in [0.05, 0.1) is 17.4 Å². The number of ether oxygens (including phenoxy) is 1. The Morgan fingerprint density at radius 3 is 3.10 bits per heavy atom. The van der Waals surface area contributed by atoms with Crippen LogP contribution in [-0.2, 0) is 11.3 Å². The van der Waals surface area contributed by atoms with Gasteiger partial charge in [-0.1, -0.05) is 6.07 Å². The zero-order chi connectivity index (χ0) is 14.8. The Labute approximate surface area is 122 Å². The molecule has 1 aromatic heterocycles. The van der Waals surface area contributed by atoms with Crippen molar-refractivity contribution in [2.75, 3.05) is 6.61 Å². The lowest BCUT2D eigenvalue weighted by molar-refractivity contribution is -0.0295. The number of carbonyl (C=O) groups is 1. The van der Waals surface area contributed by atoms with Crippen LogP contribution in [0.5, 0.6) is 0 Å². The van der Waals surface area contributed by atoms with Gasteiger partial charge in [0.1, 0.15) is 6.23 Å². The quantitative estimate of drug-likeness (QED) is 0.911. The lowest BCUT2D eigenvalue weighted by Gasteiger charge is -2.24. The van der Waals surface area contributed by atoms with Gasteiger partial charge in [0.25, 0.3) is 0 Å². The number of aromatic nitrogens is 2. The molecule has 2 aromatic rings. The molecule has 0 radical (unpaired) electrons. The zero-order valence-corrected chi connectivity index (χ0v) is 12.0. The van der Waals surface area contributed by atoms with Gasteiger partial charge in [-0.25, -0.2) is 9.78 Å². The number of rotatable bonds is 3. The second-order valence-corrected chi connectivity index (χ2v) is 5.35. The summed E-state index contributed by atoms with van der Waals surface area (Å²) < 4.78 is 7.89. The average molecular weight is 289 g/mol. The standard InChI is InChI=1S/C15H19N3O3/c1-10-11(8-16-15(19)20)5-6-12-14(10)17-9-18(12)13-4-2-3-7-21-13/h5-6,9,13,16H,2-4,7-8H2,1H3,(H,19,20). The van der Waals surface area contributed by atoms with Crippen molar-refractivity contribution >= 4 is 17.1 Å². The summed E-state index contributed by atoms with van der Waals surface area (Å²) in [7, 11) is 0. The number of hydrogen-bond donors (Lipinski definition) is 2. The van der Waals surface area contributed by atoms with E-state index in [1.165, 1.54) is 6.42 Å². The molecule has 2 heterocycles. The second-order valence-electron chi connectivity index (χ2n) is 5.35. The average Bonchev–Trinajstić information content (AvgIpc) is 2.92. The van der Waals surface area contributed by atoms with E-state index in [0.717, 1.165) is 41.6 Å². The van der Waals surface area contributed by atoms with E-state index in [1.807, 2.05) is 25.4 Å². The summed E-state index contributed by atoms with van der Waals surface area (Å²) in [5.74, 6) is 0. The highest BCUT2D eigenvalue weighted by molar-refractivity contribution is 5.80. The third-order valence-electron chi connectivity index (χ3n) is 4.01. The van der Waals surface area contributed by atoms with Crippen molar-refractivity contribution in [2.45, 2.75) is 39.0 Å². The number of aryl methyl sites for hydroxylation is 1. The molecule has 1 aliphatic rings. The van der Waals surface area contributed by atoms with Crippen molar-refractivity contribution in [3.05, 3.63) is 29.6 Å². The van der Waals surface area contributed by atoms with E-state index in [-0.39, 0.29) is 6.23 Å². The first-order valence-electron chi connectivity index (χ1n) is 7.20. The molecular weight excluding hydrogens is 270 g/mol. The van der Waals surface area contributed by atoms with E-state index in [9.17, 15) is 4.79 Å². The largest absolute Gasteiger partial charge is 0.465 e. The van der Waals surface area contributed by atoms with Crippen LogP contribution in [0.3, 0.4) is 0 Å². The van der Waals surface area contributed by atoms with Crippen molar-refractivity contribution in [3.63, 3.8) is 0 Å². The van der Waals surface area contributed by atoms with Gasteiger partial charge in [0, 0.05) is 13.2 Å². The lowest BCUT2D eigenvalue weighted by atomic mass is 10.1. The molecule has 0 aliphatic carbocycles. The maximum absolute atomic E-state index is 10.6. The summed E-state index contributed by atoms with van der Waals surface area (Å²) >= 11 is 0. The molecule has 0 bridgehead atoms. The fourth-order valence-electron chi connectivity index (χ4n) is 2.82. The van der Waals surface area contributed by atoms with E-state index < -0.39 is 6.09 Å². The van der Waals surface area contributed by atoms with Crippen LogP contribution < -0.4 is 5.32 Å². The van der Waals surface area contributed by atoms with E-state index in [0.29, 0.717) is 6.54 Å². The molecule has 1 amide bonds. The smallest absolute Gasteiger partial charge is 0.404 e. The molecule has 21 heavy (non-hydrogen) atoms. The fourth-order valence-corrected chi connectivity index (χ4v) is 2.82. The van der Waals surface area contributed by atoms with Crippen molar-refractivity contribution in [2.24, 2.45) is 0 Å². The molecule has 0 spiro atoms. The SMILES string of the molecule is Cc1c(CNC(=O)O)ccc2c1ncn2C1CCCCO1. The Morgan fingerprint density at radius 2 is 2.38 bits per heavy atom. The maximum Gasteiger partial charge on any atom is 0.404 e. The Balaban J connectivity index is 1.92. The summed E-state index contributed by atoms with van der Waals surface area (Å²) in [5.41, 5.74) is 3.91. The van der Waals surface area contributed by atoms with E-state index in [4.69, 9.17) is 9.84 Å². The lowest BCUT2D eigenvalue weighted by Crippen LogP contribution is -2.20. The number of carboxylic acid groups (broad SMARTS) is 1. The van der Waals surface area contributed by atoms with Crippen molar-refractivity contribution in [1.82, 2.24) is 14.9 Å². The molecule has 1 atom stereocenters. The van der Waals surface area contributed by atoms with Crippen LogP contribution in [-0.4, -0.2) is 27.4 Å². The van der Waals surface area contributed by atoms with Gasteiger partial charge in [0.2, 0.25) is 0 Å². The maximum atomic E-state index is 10.6. The zero-order valence-electron chi connectivity index (χ0n) is 12.0. The minimum absolute atomic E-state index is 0.0612. The number of amides is 1. The third kappa shape index (κ3) is 2.71. The molecule has 3 rings (SSSR count). The van der Waals surface area contributed by atoms with Crippen LogP contribution in [0.15, 0.2) is 18.5 Å². The molecule has 1 aromatic carbocycles. The predicted octanol–water partition coefficient (Wildman–Crippen LogP) is 2.81. The number of imidazole rings is 1.